The van der Waals surface area contributed by atoms with E-state index >= 15 is 0 Å². The van der Waals surface area contributed by atoms with Crippen molar-refractivity contribution in [1.82, 2.24) is 19.6 Å². The molecule has 4 rings (SSSR count). The van der Waals surface area contributed by atoms with E-state index in [4.69, 9.17) is 0 Å². The summed E-state index contributed by atoms with van der Waals surface area (Å²) in [4.78, 5) is 8.84. The minimum atomic E-state index is -4.42. The number of nitrogens with zero attached hydrogens (tertiary/aromatic N) is 3. The van der Waals surface area contributed by atoms with Gasteiger partial charge < -0.3 is 5.32 Å². The normalized spacial score (nSPS) is 23.2. The lowest BCUT2D eigenvalue weighted by Crippen LogP contribution is -2.52. The van der Waals surface area contributed by atoms with Gasteiger partial charge in [-0.25, -0.2) is 8.51 Å². The molecular weight excluding hydrogens is 449 g/mol. The quantitative estimate of drug-likeness (QED) is 0.686. The number of alkyl halides is 3. The standard InChI is InChI=1S/C24H29F3N4OS/c1-16-10-19(11-17(2)29-16)20-12-18-4-7-28-14-22(18)23(3,13-20)30-21-5-8-31(9-6-21)33(32)15-24(25,26)27/h4,7,10-12,14,21,30H,5-6,8-9,13,15H2,1-3H3. The van der Waals surface area contributed by atoms with Gasteiger partial charge in [0.1, 0.15) is 16.7 Å². The third-order valence-corrected chi connectivity index (χ3v) is 7.84. The van der Waals surface area contributed by atoms with Crippen molar-refractivity contribution < 1.29 is 17.4 Å². The molecule has 0 radical (unpaired) electrons. The minimum Gasteiger partial charge on any atom is -0.304 e. The number of nitrogens with one attached hydrogen (secondary N) is 1. The van der Waals surface area contributed by atoms with Gasteiger partial charge >= 0.3 is 6.18 Å². The fourth-order valence-corrected chi connectivity index (χ4v) is 6.01. The summed E-state index contributed by atoms with van der Waals surface area (Å²) in [5, 5.41) is 3.78. The minimum absolute atomic E-state index is 0.113. The molecule has 5 nitrogen and oxygen atoms in total. The molecule has 3 heterocycles. The van der Waals surface area contributed by atoms with Gasteiger partial charge in [-0.05, 0) is 80.5 Å². The van der Waals surface area contributed by atoms with Gasteiger partial charge in [0.05, 0.1) is 0 Å². The monoisotopic (exact) mass is 478 g/mol. The van der Waals surface area contributed by atoms with Crippen LogP contribution < -0.4 is 5.32 Å². The molecule has 0 amide bonds. The van der Waals surface area contributed by atoms with Crippen LogP contribution in [0.1, 0.15) is 54.3 Å². The summed E-state index contributed by atoms with van der Waals surface area (Å²) >= 11 is 0. The Bertz CT molecular complexity index is 1060. The number of pyridine rings is 2. The molecule has 1 aliphatic carbocycles. The molecule has 2 atom stereocenters. The molecule has 33 heavy (non-hydrogen) atoms. The van der Waals surface area contributed by atoms with Crippen LogP contribution >= 0.6 is 0 Å². The lowest BCUT2D eigenvalue weighted by atomic mass is 9.76. The number of fused-ring (bicyclic) bond motifs is 1. The summed E-state index contributed by atoms with van der Waals surface area (Å²) in [6.07, 6.45) is 3.51. The molecule has 2 aliphatic rings. The van der Waals surface area contributed by atoms with Crippen LogP contribution in [-0.2, 0) is 16.5 Å². The topological polar surface area (TPSA) is 58.1 Å². The number of hydrogen-bond acceptors (Lipinski definition) is 4. The van der Waals surface area contributed by atoms with Gasteiger partial charge in [0, 0.05) is 48.5 Å². The second-order valence-electron chi connectivity index (χ2n) is 9.21. The maximum absolute atomic E-state index is 12.6. The molecule has 1 N–H and O–H groups in total. The number of rotatable bonds is 5. The number of piperidine rings is 1. The summed E-state index contributed by atoms with van der Waals surface area (Å²) < 4.78 is 51.4. The molecule has 178 valence electrons. The van der Waals surface area contributed by atoms with E-state index in [0.717, 1.165) is 34.5 Å². The molecule has 0 aromatic carbocycles. The second kappa shape index (κ2) is 9.27. The Morgan fingerprint density at radius 3 is 2.52 bits per heavy atom. The van der Waals surface area contributed by atoms with Crippen LogP contribution in [0, 0.1) is 13.8 Å². The van der Waals surface area contributed by atoms with Crippen molar-refractivity contribution in [3.8, 4) is 0 Å². The molecule has 1 fully saturated rings. The highest BCUT2D eigenvalue weighted by Crippen LogP contribution is 2.41. The summed E-state index contributed by atoms with van der Waals surface area (Å²) in [7, 11) is -2.02. The third kappa shape index (κ3) is 5.70. The lowest BCUT2D eigenvalue weighted by molar-refractivity contribution is -0.106. The number of halogens is 3. The molecule has 9 heteroatoms. The average molecular weight is 479 g/mol. The van der Waals surface area contributed by atoms with Crippen molar-refractivity contribution in [2.45, 2.75) is 57.8 Å². The second-order valence-corrected chi connectivity index (χ2v) is 10.7. The summed E-state index contributed by atoms with van der Waals surface area (Å²) in [5.41, 5.74) is 6.14. The van der Waals surface area contributed by atoms with Gasteiger partial charge in [-0.2, -0.15) is 13.2 Å². The van der Waals surface area contributed by atoms with Crippen molar-refractivity contribution in [1.29, 1.82) is 0 Å². The Morgan fingerprint density at radius 1 is 1.21 bits per heavy atom. The molecule has 0 bridgehead atoms. The first-order valence-electron chi connectivity index (χ1n) is 11.1. The van der Waals surface area contributed by atoms with E-state index in [1.54, 1.807) is 6.20 Å². The van der Waals surface area contributed by atoms with E-state index in [9.17, 15) is 17.4 Å². The predicted octanol–water partition coefficient (Wildman–Crippen LogP) is 4.53. The Kier molecular flexibility index (Phi) is 6.75. The van der Waals surface area contributed by atoms with Crippen LogP contribution in [-0.4, -0.2) is 49.5 Å². The molecule has 2 aromatic rings. The van der Waals surface area contributed by atoms with E-state index in [0.29, 0.717) is 25.9 Å². The van der Waals surface area contributed by atoms with Crippen LogP contribution in [0.5, 0.6) is 0 Å². The molecule has 2 unspecified atom stereocenters. The maximum Gasteiger partial charge on any atom is 0.401 e. The average Bonchev–Trinajstić information content (AvgIpc) is 2.72. The Morgan fingerprint density at radius 2 is 1.88 bits per heavy atom. The van der Waals surface area contributed by atoms with Crippen LogP contribution in [0.25, 0.3) is 11.6 Å². The van der Waals surface area contributed by atoms with Gasteiger partial charge in [0.15, 0.2) is 0 Å². The first-order valence-corrected chi connectivity index (χ1v) is 12.4. The van der Waals surface area contributed by atoms with Crippen molar-refractivity contribution in [3.63, 3.8) is 0 Å². The molecule has 2 aromatic heterocycles. The Labute approximate surface area is 195 Å². The first kappa shape index (κ1) is 24.0. The van der Waals surface area contributed by atoms with Gasteiger partial charge in [-0.15, -0.1) is 0 Å². The Hall–Kier alpha value is -2.10. The molecule has 0 saturated carbocycles. The van der Waals surface area contributed by atoms with Crippen molar-refractivity contribution in [2.75, 3.05) is 18.8 Å². The zero-order valence-electron chi connectivity index (χ0n) is 19.1. The third-order valence-electron chi connectivity index (χ3n) is 6.33. The van der Waals surface area contributed by atoms with E-state index in [1.807, 2.05) is 26.1 Å². The first-order chi connectivity index (χ1) is 15.5. The molecule has 1 saturated heterocycles. The number of aryl methyl sites for hydroxylation is 2. The smallest absolute Gasteiger partial charge is 0.304 e. The van der Waals surface area contributed by atoms with E-state index in [2.05, 4.69) is 40.4 Å². The fourth-order valence-electron chi connectivity index (χ4n) is 4.93. The highest BCUT2D eigenvalue weighted by atomic mass is 32.2. The zero-order valence-corrected chi connectivity index (χ0v) is 19.9. The SMILES string of the molecule is Cc1cc(C2=Cc3ccncc3C(C)(NC3CCN(S(=O)CC(F)(F)F)CC3)C2)cc(C)n1. The van der Waals surface area contributed by atoms with E-state index in [1.165, 1.54) is 9.88 Å². The van der Waals surface area contributed by atoms with Gasteiger partial charge in [-0.1, -0.05) is 6.08 Å². The highest BCUT2D eigenvalue weighted by Gasteiger charge is 2.38. The van der Waals surface area contributed by atoms with Crippen molar-refractivity contribution >= 4 is 22.6 Å². The molecule has 1 aliphatic heterocycles. The lowest BCUT2D eigenvalue weighted by Gasteiger charge is -2.42. The largest absolute Gasteiger partial charge is 0.401 e. The number of aromatic nitrogens is 2. The van der Waals surface area contributed by atoms with Crippen LogP contribution in [0.4, 0.5) is 13.2 Å². The highest BCUT2D eigenvalue weighted by molar-refractivity contribution is 7.82. The predicted molar refractivity (Wildman–Crippen MR) is 125 cm³/mol. The summed E-state index contributed by atoms with van der Waals surface area (Å²) in [6, 6.07) is 6.32. The number of hydrogen-bond donors (Lipinski definition) is 1. The van der Waals surface area contributed by atoms with Gasteiger partial charge in [0.2, 0.25) is 0 Å². The van der Waals surface area contributed by atoms with Crippen LogP contribution in [0.15, 0.2) is 30.6 Å². The van der Waals surface area contributed by atoms with E-state index < -0.39 is 22.9 Å². The summed E-state index contributed by atoms with van der Waals surface area (Å²) in [6.45, 7) is 6.90. The van der Waals surface area contributed by atoms with Crippen LogP contribution in [0.3, 0.4) is 0 Å². The van der Waals surface area contributed by atoms with E-state index in [-0.39, 0.29) is 11.6 Å². The zero-order chi connectivity index (χ0) is 23.8. The maximum atomic E-state index is 12.6. The van der Waals surface area contributed by atoms with Crippen molar-refractivity contribution in [3.05, 3.63) is 58.7 Å². The van der Waals surface area contributed by atoms with Crippen LogP contribution in [0.2, 0.25) is 0 Å². The Balaban J connectivity index is 1.52. The molecular formula is C24H29F3N4OS. The summed E-state index contributed by atoms with van der Waals surface area (Å²) in [5.74, 6) is -1.28. The van der Waals surface area contributed by atoms with Gasteiger partial charge in [0.25, 0.3) is 0 Å². The molecule has 0 spiro atoms. The van der Waals surface area contributed by atoms with Gasteiger partial charge in [-0.3, -0.25) is 9.97 Å². The fraction of sp³-hybridized carbons (Fsp3) is 0.500. The van der Waals surface area contributed by atoms with Crippen molar-refractivity contribution in [2.24, 2.45) is 0 Å².